The second-order valence-corrected chi connectivity index (χ2v) is 5.48. The first-order chi connectivity index (χ1) is 12.3. The quantitative estimate of drug-likeness (QED) is 0.533. The molecule has 0 atom stereocenters. The van der Waals surface area contributed by atoms with Crippen LogP contribution in [0.25, 0.3) is 0 Å². The van der Waals surface area contributed by atoms with Crippen molar-refractivity contribution in [1.29, 1.82) is 0 Å². The molecule has 0 N–H and O–H groups in total. The van der Waals surface area contributed by atoms with Crippen LogP contribution in [0.1, 0.15) is 13.8 Å². The number of rotatable bonds is 7. The number of para-hydroxylation sites is 3. The maximum atomic E-state index is 5.98. The molecule has 0 amide bonds. The number of benzene rings is 3. The second-order valence-electron chi connectivity index (χ2n) is 5.48. The van der Waals surface area contributed by atoms with Crippen LogP contribution in [0.15, 0.2) is 78.9 Å². The van der Waals surface area contributed by atoms with E-state index in [-0.39, 0.29) is 0 Å². The van der Waals surface area contributed by atoms with Crippen LogP contribution in [0.4, 0.5) is 17.1 Å². The first-order valence-corrected chi connectivity index (χ1v) is 8.64. The molecule has 0 aromatic heterocycles. The summed E-state index contributed by atoms with van der Waals surface area (Å²) in [6.07, 6.45) is 0. The molecule has 0 saturated carbocycles. The molecular weight excluding hydrogens is 310 g/mol. The Morgan fingerprint density at radius 1 is 0.640 bits per heavy atom. The van der Waals surface area contributed by atoms with Gasteiger partial charge in [-0.05, 0) is 50.2 Å². The average Bonchev–Trinajstić information content (AvgIpc) is 2.66. The maximum absolute atomic E-state index is 5.98. The monoisotopic (exact) mass is 333 g/mol. The number of ether oxygens (including phenoxy) is 2. The van der Waals surface area contributed by atoms with Crippen LogP contribution in [0, 0.1) is 0 Å². The Morgan fingerprint density at radius 2 is 1.20 bits per heavy atom. The molecule has 25 heavy (non-hydrogen) atoms. The molecule has 3 heteroatoms. The van der Waals surface area contributed by atoms with Gasteiger partial charge in [-0.2, -0.15) is 0 Å². The third-order valence-corrected chi connectivity index (χ3v) is 3.82. The van der Waals surface area contributed by atoms with Gasteiger partial charge in [0.25, 0.3) is 0 Å². The summed E-state index contributed by atoms with van der Waals surface area (Å²) < 4.78 is 11.8. The first kappa shape index (κ1) is 16.9. The van der Waals surface area contributed by atoms with E-state index in [1.165, 1.54) is 0 Å². The highest BCUT2D eigenvalue weighted by atomic mass is 16.5. The SMILES string of the molecule is CCOc1cccc(N(c2ccccc2)c2ccccc2)c1OCC. The Bertz CT molecular complexity index is 748. The molecule has 3 aromatic carbocycles. The van der Waals surface area contributed by atoms with E-state index in [9.17, 15) is 0 Å². The molecule has 0 heterocycles. The Hall–Kier alpha value is -2.94. The zero-order valence-corrected chi connectivity index (χ0v) is 14.7. The minimum Gasteiger partial charge on any atom is -0.490 e. The van der Waals surface area contributed by atoms with Crippen molar-refractivity contribution in [3.8, 4) is 11.5 Å². The van der Waals surface area contributed by atoms with E-state index in [4.69, 9.17) is 9.47 Å². The lowest BCUT2D eigenvalue weighted by Crippen LogP contribution is -2.12. The fourth-order valence-corrected chi connectivity index (χ4v) is 2.82. The summed E-state index contributed by atoms with van der Waals surface area (Å²) in [4.78, 5) is 2.19. The Labute approximate surface area is 149 Å². The number of hydrogen-bond acceptors (Lipinski definition) is 3. The van der Waals surface area contributed by atoms with E-state index in [1.54, 1.807) is 0 Å². The largest absolute Gasteiger partial charge is 0.490 e. The van der Waals surface area contributed by atoms with Crippen LogP contribution in [-0.4, -0.2) is 13.2 Å². The van der Waals surface area contributed by atoms with Crippen molar-refractivity contribution < 1.29 is 9.47 Å². The van der Waals surface area contributed by atoms with E-state index < -0.39 is 0 Å². The minimum absolute atomic E-state index is 0.578. The van der Waals surface area contributed by atoms with Gasteiger partial charge < -0.3 is 14.4 Å². The number of anilines is 3. The predicted octanol–water partition coefficient (Wildman–Crippen LogP) is 5.95. The topological polar surface area (TPSA) is 21.7 Å². The normalized spacial score (nSPS) is 10.3. The van der Waals surface area contributed by atoms with Crippen molar-refractivity contribution in [2.75, 3.05) is 18.1 Å². The Morgan fingerprint density at radius 3 is 1.72 bits per heavy atom. The van der Waals surface area contributed by atoms with Gasteiger partial charge in [0.05, 0.1) is 18.9 Å². The first-order valence-electron chi connectivity index (χ1n) is 8.64. The molecule has 0 aliphatic carbocycles. The standard InChI is InChI=1S/C22H23NO2/c1-3-24-21-17-11-16-20(22(21)25-4-2)23(18-12-7-5-8-13-18)19-14-9-6-10-15-19/h5-17H,3-4H2,1-2H3. The summed E-state index contributed by atoms with van der Waals surface area (Å²) in [6.45, 7) is 5.14. The predicted molar refractivity (Wildman–Crippen MR) is 103 cm³/mol. The molecule has 0 unspecified atom stereocenters. The summed E-state index contributed by atoms with van der Waals surface area (Å²) in [5.74, 6) is 1.53. The van der Waals surface area contributed by atoms with E-state index in [2.05, 4.69) is 35.2 Å². The van der Waals surface area contributed by atoms with Gasteiger partial charge in [-0.3, -0.25) is 0 Å². The fraction of sp³-hybridized carbons (Fsp3) is 0.182. The van der Waals surface area contributed by atoms with Crippen molar-refractivity contribution >= 4 is 17.1 Å². The molecular formula is C22H23NO2. The molecule has 3 nitrogen and oxygen atoms in total. The van der Waals surface area contributed by atoms with Gasteiger partial charge in [-0.1, -0.05) is 42.5 Å². The van der Waals surface area contributed by atoms with Gasteiger partial charge in [0, 0.05) is 11.4 Å². The van der Waals surface area contributed by atoms with E-state index in [1.807, 2.05) is 62.4 Å². The van der Waals surface area contributed by atoms with E-state index in [0.29, 0.717) is 13.2 Å². The van der Waals surface area contributed by atoms with Crippen LogP contribution in [0.2, 0.25) is 0 Å². The molecule has 0 spiro atoms. The summed E-state index contributed by atoms with van der Waals surface area (Å²) in [5.41, 5.74) is 3.11. The molecule has 0 bridgehead atoms. The van der Waals surface area contributed by atoms with E-state index >= 15 is 0 Å². The average molecular weight is 333 g/mol. The zero-order valence-electron chi connectivity index (χ0n) is 14.7. The van der Waals surface area contributed by atoms with Crippen LogP contribution in [0.5, 0.6) is 11.5 Å². The number of nitrogens with zero attached hydrogens (tertiary/aromatic N) is 1. The lowest BCUT2D eigenvalue weighted by atomic mass is 10.1. The van der Waals surface area contributed by atoms with Gasteiger partial charge in [-0.25, -0.2) is 0 Å². The molecule has 0 fully saturated rings. The van der Waals surface area contributed by atoms with Crippen molar-refractivity contribution in [3.05, 3.63) is 78.9 Å². The summed E-state index contributed by atoms with van der Waals surface area (Å²) >= 11 is 0. The van der Waals surface area contributed by atoms with Gasteiger partial charge in [0.15, 0.2) is 11.5 Å². The Kier molecular flexibility index (Phi) is 5.57. The van der Waals surface area contributed by atoms with Crippen LogP contribution in [0.3, 0.4) is 0 Å². The van der Waals surface area contributed by atoms with Crippen molar-refractivity contribution in [2.45, 2.75) is 13.8 Å². The van der Waals surface area contributed by atoms with Crippen LogP contribution < -0.4 is 14.4 Å². The molecule has 0 aliphatic heterocycles. The van der Waals surface area contributed by atoms with Gasteiger partial charge in [0.1, 0.15) is 0 Å². The smallest absolute Gasteiger partial charge is 0.185 e. The van der Waals surface area contributed by atoms with Crippen molar-refractivity contribution in [1.82, 2.24) is 0 Å². The molecule has 3 rings (SSSR count). The highest BCUT2D eigenvalue weighted by Crippen LogP contribution is 2.44. The zero-order chi connectivity index (χ0) is 17.5. The molecule has 128 valence electrons. The van der Waals surface area contributed by atoms with Gasteiger partial charge in [-0.15, -0.1) is 0 Å². The van der Waals surface area contributed by atoms with Gasteiger partial charge >= 0.3 is 0 Å². The second kappa shape index (κ2) is 8.25. The fourth-order valence-electron chi connectivity index (χ4n) is 2.82. The summed E-state index contributed by atoms with van der Waals surface area (Å²) in [6, 6.07) is 26.6. The Balaban J connectivity index is 2.18. The maximum Gasteiger partial charge on any atom is 0.185 e. The molecule has 0 saturated heterocycles. The minimum atomic E-state index is 0.578. The van der Waals surface area contributed by atoms with Crippen molar-refractivity contribution in [2.24, 2.45) is 0 Å². The number of hydrogen-bond donors (Lipinski definition) is 0. The molecule has 3 aromatic rings. The van der Waals surface area contributed by atoms with Crippen molar-refractivity contribution in [3.63, 3.8) is 0 Å². The highest BCUT2D eigenvalue weighted by molar-refractivity contribution is 5.81. The third kappa shape index (κ3) is 3.77. The van der Waals surface area contributed by atoms with E-state index in [0.717, 1.165) is 28.6 Å². The summed E-state index contributed by atoms with van der Waals surface area (Å²) in [7, 11) is 0. The lowest BCUT2D eigenvalue weighted by molar-refractivity contribution is 0.288. The third-order valence-electron chi connectivity index (χ3n) is 3.82. The van der Waals surface area contributed by atoms with Gasteiger partial charge in [0.2, 0.25) is 0 Å². The van der Waals surface area contributed by atoms with Crippen LogP contribution in [-0.2, 0) is 0 Å². The molecule has 0 aliphatic rings. The lowest BCUT2D eigenvalue weighted by Gasteiger charge is -2.28. The molecule has 0 radical (unpaired) electrons. The van der Waals surface area contributed by atoms with Crippen LogP contribution >= 0.6 is 0 Å². The summed E-state index contributed by atoms with van der Waals surface area (Å²) in [5, 5.41) is 0. The highest BCUT2D eigenvalue weighted by Gasteiger charge is 2.19.